The second-order valence-corrected chi connectivity index (χ2v) is 7.25. The van der Waals surface area contributed by atoms with Crippen molar-refractivity contribution in [1.82, 2.24) is 5.32 Å². The summed E-state index contributed by atoms with van der Waals surface area (Å²) in [5.74, 6) is -2.73. The molecule has 3 aromatic rings. The van der Waals surface area contributed by atoms with E-state index in [0.29, 0.717) is 0 Å². The molecular weight excluding hydrogens is 438 g/mol. The Hall–Kier alpha value is -4.46. The number of nitrogens with one attached hydrogen (secondary N) is 1. The Labute approximate surface area is 196 Å². The molecule has 8 heteroatoms. The molecule has 0 aliphatic carbocycles. The lowest BCUT2D eigenvalue weighted by molar-refractivity contribution is -0.134. The molecule has 0 saturated carbocycles. The molecule has 1 N–H and O–H groups in total. The number of hydrogen-bond acceptors (Lipinski definition) is 7. The number of amides is 1. The average molecular weight is 461 g/mol. The summed E-state index contributed by atoms with van der Waals surface area (Å²) >= 11 is 0. The number of rotatable bonds is 8. The van der Waals surface area contributed by atoms with Gasteiger partial charge in [-0.1, -0.05) is 60.7 Å². The first-order valence-electron chi connectivity index (χ1n) is 10.4. The molecule has 0 unspecified atom stereocenters. The molecule has 3 rings (SSSR count). The smallest absolute Gasteiger partial charge is 0.338 e. The quantitative estimate of drug-likeness (QED) is 0.403. The van der Waals surface area contributed by atoms with E-state index in [-0.39, 0.29) is 17.1 Å². The molecule has 0 radical (unpaired) electrons. The van der Waals surface area contributed by atoms with Gasteiger partial charge in [0.1, 0.15) is 0 Å². The fourth-order valence-corrected chi connectivity index (χ4v) is 3.18. The monoisotopic (exact) mass is 461 g/mol. The summed E-state index contributed by atoms with van der Waals surface area (Å²) < 4.78 is 15.1. The first kappa shape index (κ1) is 24.2. The molecule has 0 aliphatic rings. The van der Waals surface area contributed by atoms with Crippen molar-refractivity contribution in [2.45, 2.75) is 19.9 Å². The van der Waals surface area contributed by atoms with E-state index in [0.717, 1.165) is 11.1 Å². The summed E-state index contributed by atoms with van der Waals surface area (Å²) in [5.41, 5.74) is 1.77. The van der Waals surface area contributed by atoms with Crippen LogP contribution in [0.3, 0.4) is 0 Å². The maximum Gasteiger partial charge on any atom is 0.338 e. The van der Waals surface area contributed by atoms with E-state index in [4.69, 9.17) is 14.2 Å². The predicted molar refractivity (Wildman–Crippen MR) is 122 cm³/mol. The van der Waals surface area contributed by atoms with Gasteiger partial charge in [0.25, 0.3) is 5.91 Å². The van der Waals surface area contributed by atoms with Crippen molar-refractivity contribution in [2.24, 2.45) is 0 Å². The minimum Gasteiger partial charge on any atom is -0.452 e. The molecule has 0 bridgehead atoms. The largest absolute Gasteiger partial charge is 0.452 e. The molecule has 0 aliphatic heterocycles. The van der Waals surface area contributed by atoms with Gasteiger partial charge >= 0.3 is 17.9 Å². The van der Waals surface area contributed by atoms with Crippen LogP contribution in [-0.2, 0) is 19.1 Å². The maximum absolute atomic E-state index is 12.6. The van der Waals surface area contributed by atoms with Crippen molar-refractivity contribution in [1.29, 1.82) is 0 Å². The highest BCUT2D eigenvalue weighted by atomic mass is 16.6. The molecular formula is C26H23NO7. The van der Waals surface area contributed by atoms with Crippen molar-refractivity contribution in [3.63, 3.8) is 0 Å². The zero-order valence-corrected chi connectivity index (χ0v) is 18.6. The van der Waals surface area contributed by atoms with E-state index in [2.05, 4.69) is 5.32 Å². The Kier molecular flexibility index (Phi) is 8.12. The fraction of sp³-hybridized carbons (Fsp3) is 0.154. The zero-order valence-electron chi connectivity index (χ0n) is 18.6. The highest BCUT2D eigenvalue weighted by Crippen LogP contribution is 2.29. The van der Waals surface area contributed by atoms with Gasteiger partial charge < -0.3 is 19.5 Å². The van der Waals surface area contributed by atoms with Gasteiger partial charge in [0, 0.05) is 13.8 Å². The Morgan fingerprint density at radius 2 is 1.26 bits per heavy atom. The molecule has 3 aromatic carbocycles. The number of benzene rings is 3. The second kappa shape index (κ2) is 11.4. The molecule has 34 heavy (non-hydrogen) atoms. The third-order valence-electron chi connectivity index (χ3n) is 4.59. The van der Waals surface area contributed by atoms with Crippen LogP contribution in [0.5, 0.6) is 11.5 Å². The van der Waals surface area contributed by atoms with Crippen LogP contribution < -0.4 is 14.8 Å². The molecule has 0 atom stereocenters. The number of carbonyl (C=O) groups is 4. The lowest BCUT2D eigenvalue weighted by atomic mass is 9.99. The van der Waals surface area contributed by atoms with Gasteiger partial charge in [-0.05, 0) is 29.3 Å². The Balaban J connectivity index is 1.69. The standard InChI is InChI=1S/C26H23NO7/c1-17(28)33-22-14-13-21(15-23(22)34-18(2)29)26(31)32-16-24(30)27-25(19-9-5-3-6-10-19)20-11-7-4-8-12-20/h3-15,25H,16H2,1-2H3,(H,27,30). The summed E-state index contributed by atoms with van der Waals surface area (Å²) in [7, 11) is 0. The Morgan fingerprint density at radius 3 is 1.79 bits per heavy atom. The summed E-state index contributed by atoms with van der Waals surface area (Å²) in [6.07, 6.45) is 0. The van der Waals surface area contributed by atoms with Crippen LogP contribution in [0.2, 0.25) is 0 Å². The SMILES string of the molecule is CC(=O)Oc1ccc(C(=O)OCC(=O)NC(c2ccccc2)c2ccccc2)cc1OC(C)=O. The fourth-order valence-electron chi connectivity index (χ4n) is 3.18. The lowest BCUT2D eigenvalue weighted by Crippen LogP contribution is -2.33. The number of carbonyl (C=O) groups excluding carboxylic acids is 4. The zero-order chi connectivity index (χ0) is 24.5. The number of ether oxygens (including phenoxy) is 3. The van der Waals surface area contributed by atoms with Crippen LogP contribution in [0.1, 0.15) is 41.4 Å². The predicted octanol–water partition coefficient (Wildman–Crippen LogP) is 3.60. The number of esters is 3. The maximum atomic E-state index is 12.6. The minimum atomic E-state index is -0.811. The molecule has 0 spiro atoms. The highest BCUT2D eigenvalue weighted by Gasteiger charge is 2.19. The summed E-state index contributed by atoms with van der Waals surface area (Å²) in [6.45, 7) is 1.84. The van der Waals surface area contributed by atoms with Gasteiger partial charge in [0.15, 0.2) is 18.1 Å². The third kappa shape index (κ3) is 6.77. The summed E-state index contributed by atoms with van der Waals surface area (Å²) in [5, 5.41) is 2.88. The topological polar surface area (TPSA) is 108 Å². The average Bonchev–Trinajstić information content (AvgIpc) is 2.82. The molecule has 174 valence electrons. The lowest BCUT2D eigenvalue weighted by Gasteiger charge is -2.20. The normalized spacial score (nSPS) is 10.3. The van der Waals surface area contributed by atoms with Crippen molar-refractivity contribution < 1.29 is 33.4 Å². The minimum absolute atomic E-state index is 0.0163. The van der Waals surface area contributed by atoms with Gasteiger partial charge in [0.05, 0.1) is 11.6 Å². The van der Waals surface area contributed by atoms with Crippen LogP contribution in [-0.4, -0.2) is 30.4 Å². The molecule has 8 nitrogen and oxygen atoms in total. The molecule has 0 aromatic heterocycles. The van der Waals surface area contributed by atoms with Gasteiger partial charge in [-0.15, -0.1) is 0 Å². The van der Waals surface area contributed by atoms with Gasteiger partial charge in [-0.3, -0.25) is 14.4 Å². The van der Waals surface area contributed by atoms with Gasteiger partial charge in [-0.2, -0.15) is 0 Å². The van der Waals surface area contributed by atoms with Gasteiger partial charge in [0.2, 0.25) is 0 Å². The third-order valence-corrected chi connectivity index (χ3v) is 4.59. The number of hydrogen-bond donors (Lipinski definition) is 1. The second-order valence-electron chi connectivity index (χ2n) is 7.25. The molecule has 0 heterocycles. The van der Waals surface area contributed by atoms with Crippen molar-refractivity contribution in [2.75, 3.05) is 6.61 Å². The van der Waals surface area contributed by atoms with Crippen LogP contribution >= 0.6 is 0 Å². The Bertz CT molecular complexity index is 1140. The molecule has 1 amide bonds. The van der Waals surface area contributed by atoms with Crippen LogP contribution in [0, 0.1) is 0 Å². The molecule has 0 saturated heterocycles. The van der Waals surface area contributed by atoms with Gasteiger partial charge in [-0.25, -0.2) is 4.79 Å². The van der Waals surface area contributed by atoms with Crippen molar-refractivity contribution in [3.8, 4) is 11.5 Å². The van der Waals surface area contributed by atoms with Crippen LogP contribution in [0.4, 0.5) is 0 Å². The van der Waals surface area contributed by atoms with Crippen LogP contribution in [0.25, 0.3) is 0 Å². The van der Waals surface area contributed by atoms with Crippen molar-refractivity contribution in [3.05, 3.63) is 95.6 Å². The Morgan fingerprint density at radius 1 is 0.735 bits per heavy atom. The van der Waals surface area contributed by atoms with E-state index >= 15 is 0 Å². The van der Waals surface area contributed by atoms with E-state index in [1.54, 1.807) is 0 Å². The highest BCUT2D eigenvalue weighted by molar-refractivity contribution is 5.92. The van der Waals surface area contributed by atoms with Crippen molar-refractivity contribution >= 4 is 23.8 Å². The van der Waals surface area contributed by atoms with Crippen LogP contribution in [0.15, 0.2) is 78.9 Å². The van der Waals surface area contributed by atoms with E-state index < -0.39 is 36.5 Å². The first-order valence-corrected chi connectivity index (χ1v) is 10.4. The summed E-state index contributed by atoms with van der Waals surface area (Å²) in [6, 6.07) is 22.2. The summed E-state index contributed by atoms with van der Waals surface area (Å²) in [4.78, 5) is 47.7. The van der Waals surface area contributed by atoms with E-state index in [1.807, 2.05) is 60.7 Å². The first-order chi connectivity index (χ1) is 16.3. The van der Waals surface area contributed by atoms with E-state index in [9.17, 15) is 19.2 Å². The van der Waals surface area contributed by atoms with E-state index in [1.165, 1.54) is 32.0 Å². The molecule has 0 fully saturated rings.